The first kappa shape index (κ1) is 11.1. The first-order valence-corrected chi connectivity index (χ1v) is 6.04. The van der Waals surface area contributed by atoms with E-state index < -0.39 is 0 Å². The molecule has 0 amide bonds. The lowest BCUT2D eigenvalue weighted by atomic mass is 10.2. The average Bonchev–Trinajstić information content (AvgIpc) is 2.71. The van der Waals surface area contributed by atoms with E-state index in [4.69, 9.17) is 0 Å². The van der Waals surface area contributed by atoms with Gasteiger partial charge in [-0.15, -0.1) is 0 Å². The van der Waals surface area contributed by atoms with Gasteiger partial charge in [-0.2, -0.15) is 0 Å². The van der Waals surface area contributed by atoms with Crippen molar-refractivity contribution < 1.29 is 0 Å². The number of imidazole rings is 1. The number of aromatic nitrogens is 2. The molecule has 0 unspecified atom stereocenters. The zero-order valence-electron chi connectivity index (χ0n) is 9.79. The van der Waals surface area contributed by atoms with Gasteiger partial charge in [0, 0.05) is 0 Å². The van der Waals surface area contributed by atoms with Crippen LogP contribution in [0.4, 0.5) is 0 Å². The summed E-state index contributed by atoms with van der Waals surface area (Å²) in [5, 5.41) is 3.40. The smallest absolute Gasteiger partial charge is 0.121 e. The molecule has 3 nitrogen and oxygen atoms in total. The van der Waals surface area contributed by atoms with Crippen molar-refractivity contribution in [2.24, 2.45) is 0 Å². The molecule has 0 aliphatic carbocycles. The van der Waals surface area contributed by atoms with Gasteiger partial charge in [-0.3, -0.25) is 0 Å². The number of hydrogen-bond acceptors (Lipinski definition) is 2. The summed E-state index contributed by atoms with van der Waals surface area (Å²) in [4.78, 5) is 7.83. The van der Waals surface area contributed by atoms with E-state index in [2.05, 4.69) is 28.3 Å². The second-order valence-corrected chi connectivity index (χ2v) is 4.08. The van der Waals surface area contributed by atoms with E-state index in [9.17, 15) is 0 Å². The molecule has 3 heteroatoms. The van der Waals surface area contributed by atoms with Crippen molar-refractivity contribution in [2.75, 3.05) is 6.54 Å². The monoisotopic (exact) mass is 217 g/mol. The van der Waals surface area contributed by atoms with Crippen LogP contribution in [0.5, 0.6) is 0 Å². The van der Waals surface area contributed by atoms with Crippen LogP contribution in [0.1, 0.15) is 32.0 Å². The number of hydrogen-bond donors (Lipinski definition) is 2. The molecule has 0 saturated carbocycles. The Morgan fingerprint density at radius 1 is 1.25 bits per heavy atom. The van der Waals surface area contributed by atoms with E-state index >= 15 is 0 Å². The first-order valence-electron chi connectivity index (χ1n) is 6.04. The van der Waals surface area contributed by atoms with Crippen LogP contribution in [-0.2, 0) is 6.54 Å². The Morgan fingerprint density at radius 2 is 2.12 bits per heavy atom. The number of nitrogens with one attached hydrogen (secondary N) is 2. The molecule has 16 heavy (non-hydrogen) atoms. The number of fused-ring (bicyclic) bond motifs is 1. The van der Waals surface area contributed by atoms with Gasteiger partial charge in [0.25, 0.3) is 0 Å². The number of nitrogens with zero attached hydrogens (tertiary/aromatic N) is 1. The summed E-state index contributed by atoms with van der Waals surface area (Å²) in [7, 11) is 0. The van der Waals surface area contributed by atoms with Gasteiger partial charge in [0.05, 0.1) is 17.6 Å². The maximum atomic E-state index is 4.51. The third-order valence-corrected chi connectivity index (χ3v) is 2.69. The number of aromatic amines is 1. The summed E-state index contributed by atoms with van der Waals surface area (Å²) in [5.41, 5.74) is 2.17. The largest absolute Gasteiger partial charge is 0.341 e. The third-order valence-electron chi connectivity index (χ3n) is 2.69. The molecule has 0 spiro atoms. The quantitative estimate of drug-likeness (QED) is 0.730. The highest BCUT2D eigenvalue weighted by Gasteiger charge is 2.00. The van der Waals surface area contributed by atoms with Gasteiger partial charge >= 0.3 is 0 Å². The highest BCUT2D eigenvalue weighted by Crippen LogP contribution is 2.09. The minimum Gasteiger partial charge on any atom is -0.341 e. The lowest BCUT2D eigenvalue weighted by Crippen LogP contribution is -2.15. The highest BCUT2D eigenvalue weighted by molar-refractivity contribution is 5.74. The van der Waals surface area contributed by atoms with E-state index in [1.807, 2.05) is 18.2 Å². The molecule has 0 atom stereocenters. The van der Waals surface area contributed by atoms with Crippen LogP contribution in [-0.4, -0.2) is 16.5 Å². The molecule has 1 aromatic carbocycles. The van der Waals surface area contributed by atoms with Gasteiger partial charge < -0.3 is 10.3 Å². The minimum absolute atomic E-state index is 0.832. The van der Waals surface area contributed by atoms with Gasteiger partial charge in [0.15, 0.2) is 0 Å². The van der Waals surface area contributed by atoms with E-state index in [-0.39, 0.29) is 0 Å². The maximum absolute atomic E-state index is 4.51. The summed E-state index contributed by atoms with van der Waals surface area (Å²) in [6.07, 6.45) is 3.82. The minimum atomic E-state index is 0.832. The summed E-state index contributed by atoms with van der Waals surface area (Å²) >= 11 is 0. The number of rotatable bonds is 6. The van der Waals surface area contributed by atoms with E-state index in [0.29, 0.717) is 0 Å². The number of unbranched alkanes of at least 4 members (excludes halogenated alkanes) is 2. The molecule has 0 aliphatic heterocycles. The summed E-state index contributed by atoms with van der Waals surface area (Å²) in [6.45, 7) is 4.13. The molecule has 1 aromatic heterocycles. The number of H-pyrrole nitrogens is 1. The summed E-state index contributed by atoms with van der Waals surface area (Å²) in [6, 6.07) is 8.13. The molecule has 1 heterocycles. The number of benzene rings is 1. The normalized spacial score (nSPS) is 11.1. The Balaban J connectivity index is 1.85. The van der Waals surface area contributed by atoms with E-state index in [1.54, 1.807) is 0 Å². The van der Waals surface area contributed by atoms with Crippen molar-refractivity contribution in [2.45, 2.75) is 32.7 Å². The SMILES string of the molecule is CCCCCNCc1nc2ccccc2[nH]1. The molecule has 0 bridgehead atoms. The molecule has 86 valence electrons. The lowest BCUT2D eigenvalue weighted by molar-refractivity contribution is 0.606. The molecule has 2 aromatic rings. The van der Waals surface area contributed by atoms with Gasteiger partial charge in [0.2, 0.25) is 0 Å². The van der Waals surface area contributed by atoms with Crippen molar-refractivity contribution in [3.8, 4) is 0 Å². The molecule has 0 saturated heterocycles. The van der Waals surface area contributed by atoms with Crippen molar-refractivity contribution in [3.05, 3.63) is 30.1 Å². The van der Waals surface area contributed by atoms with Crippen LogP contribution >= 0.6 is 0 Å². The Hall–Kier alpha value is -1.35. The summed E-state index contributed by atoms with van der Waals surface area (Å²) < 4.78 is 0. The molecule has 0 aliphatic rings. The average molecular weight is 217 g/mol. The van der Waals surface area contributed by atoms with Crippen LogP contribution in [0.2, 0.25) is 0 Å². The van der Waals surface area contributed by atoms with Crippen LogP contribution in [0, 0.1) is 0 Å². The second kappa shape index (κ2) is 5.66. The zero-order chi connectivity index (χ0) is 11.2. The van der Waals surface area contributed by atoms with Crippen LogP contribution < -0.4 is 5.32 Å². The topological polar surface area (TPSA) is 40.7 Å². The standard InChI is InChI=1S/C13H19N3/c1-2-3-6-9-14-10-13-15-11-7-4-5-8-12(11)16-13/h4-5,7-8,14H,2-3,6,9-10H2,1H3,(H,15,16). The fraction of sp³-hybridized carbons (Fsp3) is 0.462. The molecular weight excluding hydrogens is 198 g/mol. The maximum Gasteiger partial charge on any atom is 0.121 e. The van der Waals surface area contributed by atoms with Crippen LogP contribution in [0.15, 0.2) is 24.3 Å². The molecule has 2 rings (SSSR count). The first-order chi connectivity index (χ1) is 7.90. The predicted octanol–water partition coefficient (Wildman–Crippen LogP) is 2.84. The molecule has 2 N–H and O–H groups in total. The fourth-order valence-corrected chi connectivity index (χ4v) is 1.80. The highest BCUT2D eigenvalue weighted by atomic mass is 15.0. The third kappa shape index (κ3) is 2.83. The van der Waals surface area contributed by atoms with Crippen LogP contribution in [0.3, 0.4) is 0 Å². The number of para-hydroxylation sites is 2. The Morgan fingerprint density at radius 3 is 2.94 bits per heavy atom. The fourth-order valence-electron chi connectivity index (χ4n) is 1.80. The van der Waals surface area contributed by atoms with Crippen molar-refractivity contribution >= 4 is 11.0 Å². The Kier molecular flexibility index (Phi) is 3.94. The summed E-state index contributed by atoms with van der Waals surface area (Å²) in [5.74, 6) is 1.03. The van der Waals surface area contributed by atoms with Gasteiger partial charge in [-0.25, -0.2) is 4.98 Å². The Labute approximate surface area is 96.3 Å². The van der Waals surface area contributed by atoms with Gasteiger partial charge in [0.1, 0.15) is 5.82 Å². The lowest BCUT2D eigenvalue weighted by Gasteiger charge is -2.00. The van der Waals surface area contributed by atoms with Gasteiger partial charge in [-0.05, 0) is 25.1 Å². The van der Waals surface area contributed by atoms with Crippen molar-refractivity contribution in [1.82, 2.24) is 15.3 Å². The molecular formula is C13H19N3. The van der Waals surface area contributed by atoms with Crippen molar-refractivity contribution in [1.29, 1.82) is 0 Å². The second-order valence-electron chi connectivity index (χ2n) is 4.08. The van der Waals surface area contributed by atoms with Crippen LogP contribution in [0.25, 0.3) is 11.0 Å². The van der Waals surface area contributed by atoms with Gasteiger partial charge in [-0.1, -0.05) is 31.9 Å². The zero-order valence-corrected chi connectivity index (χ0v) is 9.79. The van der Waals surface area contributed by atoms with Crippen molar-refractivity contribution in [3.63, 3.8) is 0 Å². The van der Waals surface area contributed by atoms with E-state index in [0.717, 1.165) is 29.9 Å². The van der Waals surface area contributed by atoms with E-state index in [1.165, 1.54) is 19.3 Å². The predicted molar refractivity (Wildman–Crippen MR) is 67.3 cm³/mol. The Bertz CT molecular complexity index is 400. The molecule has 0 fully saturated rings. The molecule has 0 radical (unpaired) electrons.